The molecule has 0 aliphatic carbocycles. The van der Waals surface area contributed by atoms with Crippen LogP contribution in [0.3, 0.4) is 0 Å². The summed E-state index contributed by atoms with van der Waals surface area (Å²) < 4.78 is 11.9. The molecule has 2 heteroatoms. The first-order valence-electron chi connectivity index (χ1n) is 5.52. The fourth-order valence-electron chi connectivity index (χ4n) is 1.74. The van der Waals surface area contributed by atoms with E-state index in [9.17, 15) is 4.21 Å². The fraction of sp³-hybridized carbons (Fsp3) is 0.286. The van der Waals surface area contributed by atoms with Gasteiger partial charge < -0.3 is 0 Å². The van der Waals surface area contributed by atoms with E-state index in [1.807, 2.05) is 32.0 Å². The van der Waals surface area contributed by atoms with E-state index in [1.165, 1.54) is 16.3 Å². The Labute approximate surface area is 98.9 Å². The molecule has 0 spiro atoms. The van der Waals surface area contributed by atoms with Crippen molar-refractivity contribution in [3.05, 3.63) is 48.0 Å². The molecule has 2 rings (SSSR count). The van der Waals surface area contributed by atoms with Crippen LogP contribution in [0.25, 0.3) is 10.8 Å². The number of hydrogen-bond acceptors (Lipinski definition) is 1. The van der Waals surface area contributed by atoms with Gasteiger partial charge in [-0.05, 0) is 16.3 Å². The SMILES string of the molecule is CC(C)S(=O)Cc1cccc2ccccc12. The van der Waals surface area contributed by atoms with Crippen LogP contribution in [0.4, 0.5) is 0 Å². The van der Waals surface area contributed by atoms with E-state index in [-0.39, 0.29) is 5.25 Å². The summed E-state index contributed by atoms with van der Waals surface area (Å²) in [5.74, 6) is 0.652. The van der Waals surface area contributed by atoms with Crippen molar-refractivity contribution in [1.82, 2.24) is 0 Å². The van der Waals surface area contributed by atoms with Crippen LogP contribution in [-0.2, 0) is 16.6 Å². The van der Waals surface area contributed by atoms with E-state index in [1.54, 1.807) is 0 Å². The molecule has 1 atom stereocenters. The van der Waals surface area contributed by atoms with E-state index in [0.29, 0.717) is 5.75 Å². The normalized spacial score (nSPS) is 13.2. The lowest BCUT2D eigenvalue weighted by Gasteiger charge is -2.08. The molecule has 0 aromatic heterocycles. The molecule has 0 bridgehead atoms. The maximum Gasteiger partial charge on any atom is 0.0494 e. The first kappa shape index (κ1) is 11.3. The van der Waals surface area contributed by atoms with Crippen molar-refractivity contribution in [2.45, 2.75) is 24.9 Å². The standard InChI is InChI=1S/C14H16OS/c1-11(2)16(15)10-13-8-5-7-12-6-3-4-9-14(12)13/h3-9,11H,10H2,1-2H3. The second kappa shape index (κ2) is 4.79. The van der Waals surface area contributed by atoms with Gasteiger partial charge in [0.2, 0.25) is 0 Å². The highest BCUT2D eigenvalue weighted by molar-refractivity contribution is 7.84. The zero-order chi connectivity index (χ0) is 11.5. The molecule has 0 N–H and O–H groups in total. The minimum Gasteiger partial charge on any atom is -0.259 e. The molecule has 0 radical (unpaired) electrons. The average Bonchev–Trinajstić information content (AvgIpc) is 2.29. The maximum absolute atomic E-state index is 11.9. The van der Waals surface area contributed by atoms with Crippen LogP contribution in [0.2, 0.25) is 0 Å². The third-order valence-corrected chi connectivity index (χ3v) is 4.35. The van der Waals surface area contributed by atoms with E-state index in [0.717, 1.165) is 0 Å². The summed E-state index contributed by atoms with van der Waals surface area (Å²) in [6.45, 7) is 4.00. The van der Waals surface area contributed by atoms with E-state index >= 15 is 0 Å². The van der Waals surface area contributed by atoms with Crippen molar-refractivity contribution in [2.24, 2.45) is 0 Å². The molecule has 0 aliphatic rings. The number of rotatable bonds is 3. The van der Waals surface area contributed by atoms with Gasteiger partial charge in [0.25, 0.3) is 0 Å². The first-order valence-corrected chi connectivity index (χ1v) is 6.90. The Morgan fingerprint density at radius 1 is 1.06 bits per heavy atom. The molecule has 0 saturated carbocycles. The summed E-state index contributed by atoms with van der Waals surface area (Å²) in [6.07, 6.45) is 0. The van der Waals surface area contributed by atoms with Crippen LogP contribution in [0, 0.1) is 0 Å². The quantitative estimate of drug-likeness (QED) is 0.791. The van der Waals surface area contributed by atoms with Crippen molar-refractivity contribution in [3.63, 3.8) is 0 Å². The Morgan fingerprint density at radius 2 is 1.75 bits per heavy atom. The van der Waals surface area contributed by atoms with Gasteiger partial charge in [-0.2, -0.15) is 0 Å². The van der Waals surface area contributed by atoms with E-state index in [4.69, 9.17) is 0 Å². The Bertz CT molecular complexity index is 512. The van der Waals surface area contributed by atoms with Crippen LogP contribution in [0.5, 0.6) is 0 Å². The number of fused-ring (bicyclic) bond motifs is 1. The maximum atomic E-state index is 11.9. The highest BCUT2D eigenvalue weighted by Crippen LogP contribution is 2.20. The minimum absolute atomic E-state index is 0.221. The van der Waals surface area contributed by atoms with Crippen molar-refractivity contribution < 1.29 is 4.21 Å². The van der Waals surface area contributed by atoms with Crippen molar-refractivity contribution in [2.75, 3.05) is 0 Å². The molecule has 0 fully saturated rings. The summed E-state index contributed by atoms with van der Waals surface area (Å²) in [7, 11) is -0.779. The van der Waals surface area contributed by atoms with Gasteiger partial charge >= 0.3 is 0 Å². The number of benzene rings is 2. The molecule has 0 saturated heterocycles. The monoisotopic (exact) mass is 232 g/mol. The summed E-state index contributed by atoms with van der Waals surface area (Å²) in [5, 5.41) is 2.67. The molecule has 0 amide bonds. The van der Waals surface area contributed by atoms with Gasteiger partial charge in [0.1, 0.15) is 0 Å². The molecule has 84 valence electrons. The van der Waals surface area contributed by atoms with Crippen LogP contribution < -0.4 is 0 Å². The molecule has 1 unspecified atom stereocenters. The predicted molar refractivity (Wildman–Crippen MR) is 70.9 cm³/mol. The molecule has 2 aromatic carbocycles. The Kier molecular flexibility index (Phi) is 3.39. The smallest absolute Gasteiger partial charge is 0.0494 e. The fourth-order valence-corrected chi connectivity index (χ4v) is 2.63. The highest BCUT2D eigenvalue weighted by Gasteiger charge is 2.08. The summed E-state index contributed by atoms with van der Waals surface area (Å²) in [4.78, 5) is 0. The first-order chi connectivity index (χ1) is 7.68. The third kappa shape index (κ3) is 2.33. The molecule has 16 heavy (non-hydrogen) atoms. The molecular formula is C14H16OS. The van der Waals surface area contributed by atoms with Crippen molar-refractivity contribution >= 4 is 21.6 Å². The minimum atomic E-state index is -0.779. The van der Waals surface area contributed by atoms with Gasteiger partial charge in [0.05, 0.1) is 0 Å². The van der Waals surface area contributed by atoms with Gasteiger partial charge in [-0.25, -0.2) is 0 Å². The Hall–Kier alpha value is -1.15. The lowest BCUT2D eigenvalue weighted by molar-refractivity contribution is 0.676. The predicted octanol–water partition coefficient (Wildman–Crippen LogP) is 3.50. The molecule has 2 aromatic rings. The van der Waals surface area contributed by atoms with Crippen molar-refractivity contribution in [1.29, 1.82) is 0 Å². The van der Waals surface area contributed by atoms with E-state index in [2.05, 4.69) is 24.3 Å². The Balaban J connectivity index is 2.41. The second-order valence-corrected chi connectivity index (χ2v) is 6.21. The second-order valence-electron chi connectivity index (χ2n) is 4.21. The highest BCUT2D eigenvalue weighted by atomic mass is 32.2. The van der Waals surface area contributed by atoms with Crippen LogP contribution in [0.15, 0.2) is 42.5 Å². The van der Waals surface area contributed by atoms with Gasteiger partial charge in [-0.3, -0.25) is 4.21 Å². The average molecular weight is 232 g/mol. The van der Waals surface area contributed by atoms with Crippen LogP contribution in [0.1, 0.15) is 19.4 Å². The van der Waals surface area contributed by atoms with Crippen LogP contribution in [-0.4, -0.2) is 9.46 Å². The molecule has 1 nitrogen and oxygen atoms in total. The lowest BCUT2D eigenvalue weighted by Crippen LogP contribution is -2.08. The summed E-state index contributed by atoms with van der Waals surface area (Å²) >= 11 is 0. The summed E-state index contributed by atoms with van der Waals surface area (Å²) in [6, 6.07) is 14.5. The third-order valence-electron chi connectivity index (χ3n) is 2.70. The van der Waals surface area contributed by atoms with Crippen LogP contribution >= 0.6 is 0 Å². The molecule has 0 heterocycles. The molecular weight excluding hydrogens is 216 g/mol. The lowest BCUT2D eigenvalue weighted by atomic mass is 10.1. The zero-order valence-electron chi connectivity index (χ0n) is 9.64. The van der Waals surface area contributed by atoms with Gasteiger partial charge in [-0.1, -0.05) is 56.3 Å². The van der Waals surface area contributed by atoms with E-state index < -0.39 is 10.8 Å². The Morgan fingerprint density at radius 3 is 2.50 bits per heavy atom. The largest absolute Gasteiger partial charge is 0.259 e. The molecule has 0 aliphatic heterocycles. The zero-order valence-corrected chi connectivity index (χ0v) is 10.5. The summed E-state index contributed by atoms with van der Waals surface area (Å²) in [5.41, 5.74) is 1.19. The number of hydrogen-bond donors (Lipinski definition) is 0. The van der Waals surface area contributed by atoms with Gasteiger partial charge in [-0.15, -0.1) is 0 Å². The topological polar surface area (TPSA) is 17.1 Å². The van der Waals surface area contributed by atoms with Gasteiger partial charge in [0.15, 0.2) is 0 Å². The van der Waals surface area contributed by atoms with Crippen molar-refractivity contribution in [3.8, 4) is 0 Å². The van der Waals surface area contributed by atoms with Gasteiger partial charge in [0, 0.05) is 21.8 Å².